The van der Waals surface area contributed by atoms with Crippen LogP contribution < -0.4 is 5.32 Å². The van der Waals surface area contributed by atoms with Crippen molar-refractivity contribution in [2.24, 2.45) is 0 Å². The van der Waals surface area contributed by atoms with Crippen molar-refractivity contribution in [3.63, 3.8) is 0 Å². The van der Waals surface area contributed by atoms with Crippen LogP contribution in [0.4, 0.5) is 0 Å². The lowest BCUT2D eigenvalue weighted by molar-refractivity contribution is -0.129. The van der Waals surface area contributed by atoms with Gasteiger partial charge >= 0.3 is 0 Å². The minimum absolute atomic E-state index is 0.0922. The predicted molar refractivity (Wildman–Crippen MR) is 75.6 cm³/mol. The van der Waals surface area contributed by atoms with Crippen molar-refractivity contribution >= 4 is 11.8 Å². The molecule has 1 aliphatic heterocycles. The molecule has 0 atom stereocenters. The second-order valence-electron chi connectivity index (χ2n) is 5.10. The third-order valence-electron chi connectivity index (χ3n) is 3.55. The molecule has 2 amide bonds. The van der Waals surface area contributed by atoms with Crippen LogP contribution in [0.15, 0.2) is 18.2 Å². The molecule has 0 aromatic heterocycles. The number of hydrogen-bond acceptors (Lipinski definition) is 3. The molecule has 5 heteroatoms. The molecule has 1 aromatic carbocycles. The van der Waals surface area contributed by atoms with Gasteiger partial charge in [-0.3, -0.25) is 9.59 Å². The molecular formula is C15H20N2O3. The topological polar surface area (TPSA) is 69.6 Å². The highest BCUT2D eigenvalue weighted by molar-refractivity contribution is 5.94. The van der Waals surface area contributed by atoms with Crippen LogP contribution in [0.1, 0.15) is 35.2 Å². The number of rotatable bonds is 4. The number of nitrogens with one attached hydrogen (secondary N) is 1. The van der Waals surface area contributed by atoms with Gasteiger partial charge in [0.2, 0.25) is 5.91 Å². The highest BCUT2D eigenvalue weighted by Gasteiger charge is 2.17. The van der Waals surface area contributed by atoms with Gasteiger partial charge in [0.1, 0.15) is 5.75 Å². The van der Waals surface area contributed by atoms with E-state index in [0.717, 1.165) is 31.5 Å². The van der Waals surface area contributed by atoms with E-state index in [9.17, 15) is 14.7 Å². The molecule has 20 heavy (non-hydrogen) atoms. The van der Waals surface area contributed by atoms with E-state index in [1.165, 1.54) is 6.07 Å². The molecule has 1 heterocycles. The van der Waals surface area contributed by atoms with Gasteiger partial charge in [0.05, 0.1) is 0 Å². The summed E-state index contributed by atoms with van der Waals surface area (Å²) in [7, 11) is 0. The lowest BCUT2D eigenvalue weighted by atomic mass is 10.1. The quantitative estimate of drug-likeness (QED) is 0.874. The molecule has 0 unspecified atom stereocenters. The SMILES string of the molecule is Cc1ccc(C(=O)NCCC(=O)N2CCCC2)cc1O. The summed E-state index contributed by atoms with van der Waals surface area (Å²) in [5, 5.41) is 12.3. The second kappa shape index (κ2) is 6.41. The summed E-state index contributed by atoms with van der Waals surface area (Å²) >= 11 is 0. The first-order valence-corrected chi connectivity index (χ1v) is 6.93. The summed E-state index contributed by atoms with van der Waals surface area (Å²) in [5.41, 5.74) is 1.13. The fourth-order valence-corrected chi connectivity index (χ4v) is 2.26. The number of phenolic OH excluding ortho intramolecular Hbond substituents is 1. The Morgan fingerprint density at radius 1 is 1.30 bits per heavy atom. The van der Waals surface area contributed by atoms with E-state index in [-0.39, 0.29) is 17.6 Å². The van der Waals surface area contributed by atoms with Gasteiger partial charge in [-0.2, -0.15) is 0 Å². The largest absolute Gasteiger partial charge is 0.508 e. The average molecular weight is 276 g/mol. The molecule has 5 nitrogen and oxygen atoms in total. The van der Waals surface area contributed by atoms with Crippen LogP contribution in [0.5, 0.6) is 5.75 Å². The Morgan fingerprint density at radius 3 is 2.65 bits per heavy atom. The van der Waals surface area contributed by atoms with Crippen LogP contribution in [0.2, 0.25) is 0 Å². The van der Waals surface area contributed by atoms with E-state index < -0.39 is 0 Å². The Kier molecular flexibility index (Phi) is 4.61. The normalized spacial score (nSPS) is 14.3. The molecule has 0 spiro atoms. The van der Waals surface area contributed by atoms with E-state index in [4.69, 9.17) is 0 Å². The van der Waals surface area contributed by atoms with E-state index in [2.05, 4.69) is 5.32 Å². The van der Waals surface area contributed by atoms with Crippen LogP contribution in [-0.2, 0) is 4.79 Å². The lowest BCUT2D eigenvalue weighted by Gasteiger charge is -2.15. The van der Waals surface area contributed by atoms with Crippen LogP contribution in [-0.4, -0.2) is 41.5 Å². The van der Waals surface area contributed by atoms with Crippen LogP contribution in [0.25, 0.3) is 0 Å². The standard InChI is InChI=1S/C15H20N2O3/c1-11-4-5-12(10-13(11)18)15(20)16-7-6-14(19)17-8-2-3-9-17/h4-5,10,18H,2-3,6-9H2,1H3,(H,16,20). The van der Waals surface area contributed by atoms with Crippen molar-refractivity contribution in [2.75, 3.05) is 19.6 Å². The van der Waals surface area contributed by atoms with E-state index in [0.29, 0.717) is 18.5 Å². The molecule has 0 saturated carbocycles. The predicted octanol–water partition coefficient (Wildman–Crippen LogP) is 1.44. The Hall–Kier alpha value is -2.04. The maximum absolute atomic E-state index is 11.9. The number of aromatic hydroxyl groups is 1. The summed E-state index contributed by atoms with van der Waals surface area (Å²) < 4.78 is 0. The molecule has 0 aliphatic carbocycles. The summed E-state index contributed by atoms with van der Waals surface area (Å²) in [6.07, 6.45) is 2.46. The van der Waals surface area contributed by atoms with E-state index >= 15 is 0 Å². The first kappa shape index (κ1) is 14.4. The number of likely N-dealkylation sites (tertiary alicyclic amines) is 1. The highest BCUT2D eigenvalue weighted by Crippen LogP contribution is 2.17. The van der Waals surface area contributed by atoms with Crippen molar-refractivity contribution in [1.82, 2.24) is 10.2 Å². The molecule has 1 aliphatic rings. The van der Waals surface area contributed by atoms with Gasteiger partial charge in [0.15, 0.2) is 0 Å². The van der Waals surface area contributed by atoms with Gasteiger partial charge in [0, 0.05) is 31.6 Å². The number of amides is 2. The second-order valence-corrected chi connectivity index (χ2v) is 5.10. The number of carbonyl (C=O) groups is 2. The molecule has 1 saturated heterocycles. The van der Waals surface area contributed by atoms with Crippen LogP contribution in [0, 0.1) is 6.92 Å². The van der Waals surface area contributed by atoms with E-state index in [1.54, 1.807) is 19.1 Å². The summed E-state index contributed by atoms with van der Waals surface area (Å²) in [4.78, 5) is 25.5. The van der Waals surface area contributed by atoms with Gasteiger partial charge in [-0.1, -0.05) is 6.07 Å². The molecule has 0 radical (unpaired) electrons. The average Bonchev–Trinajstić information content (AvgIpc) is 2.95. The Morgan fingerprint density at radius 2 is 2.00 bits per heavy atom. The molecule has 2 rings (SSSR count). The minimum Gasteiger partial charge on any atom is -0.508 e. The third-order valence-corrected chi connectivity index (χ3v) is 3.55. The van der Waals surface area contributed by atoms with Crippen LogP contribution >= 0.6 is 0 Å². The zero-order valence-electron chi connectivity index (χ0n) is 11.7. The Bertz CT molecular complexity index is 508. The lowest BCUT2D eigenvalue weighted by Crippen LogP contribution is -2.32. The molecule has 1 fully saturated rings. The monoisotopic (exact) mass is 276 g/mol. The van der Waals surface area contributed by atoms with Crippen molar-refractivity contribution in [1.29, 1.82) is 0 Å². The summed E-state index contributed by atoms with van der Waals surface area (Å²) in [6, 6.07) is 4.79. The number of carbonyl (C=O) groups excluding carboxylic acids is 2. The zero-order valence-corrected chi connectivity index (χ0v) is 11.7. The first-order chi connectivity index (χ1) is 9.58. The molecular weight excluding hydrogens is 256 g/mol. The highest BCUT2D eigenvalue weighted by atomic mass is 16.3. The van der Waals surface area contributed by atoms with Gasteiger partial charge in [-0.05, 0) is 37.5 Å². The molecule has 2 N–H and O–H groups in total. The fraction of sp³-hybridized carbons (Fsp3) is 0.467. The van der Waals surface area contributed by atoms with Gasteiger partial charge < -0.3 is 15.3 Å². The molecule has 0 bridgehead atoms. The maximum Gasteiger partial charge on any atom is 0.251 e. The maximum atomic E-state index is 11.9. The third kappa shape index (κ3) is 3.50. The summed E-state index contributed by atoms with van der Waals surface area (Å²) in [5.74, 6) is -0.0742. The zero-order chi connectivity index (χ0) is 14.5. The van der Waals surface area contributed by atoms with Crippen molar-refractivity contribution in [3.8, 4) is 5.75 Å². The number of benzene rings is 1. The van der Waals surface area contributed by atoms with Crippen LogP contribution in [0.3, 0.4) is 0 Å². The summed E-state index contributed by atoms with van der Waals surface area (Å²) in [6.45, 7) is 3.76. The number of hydrogen-bond donors (Lipinski definition) is 2. The Labute approximate surface area is 118 Å². The van der Waals surface area contributed by atoms with Crippen molar-refractivity contribution in [3.05, 3.63) is 29.3 Å². The molecule has 1 aromatic rings. The minimum atomic E-state index is -0.269. The van der Waals surface area contributed by atoms with Gasteiger partial charge in [-0.25, -0.2) is 0 Å². The van der Waals surface area contributed by atoms with Gasteiger partial charge in [0.25, 0.3) is 5.91 Å². The van der Waals surface area contributed by atoms with Crippen molar-refractivity contribution < 1.29 is 14.7 Å². The van der Waals surface area contributed by atoms with Crippen molar-refractivity contribution in [2.45, 2.75) is 26.2 Å². The smallest absolute Gasteiger partial charge is 0.251 e. The van der Waals surface area contributed by atoms with Gasteiger partial charge in [-0.15, -0.1) is 0 Å². The van der Waals surface area contributed by atoms with E-state index in [1.807, 2.05) is 4.90 Å². The number of aryl methyl sites for hydroxylation is 1. The first-order valence-electron chi connectivity index (χ1n) is 6.93. The Balaban J connectivity index is 1.79. The molecule has 108 valence electrons. The fourth-order valence-electron chi connectivity index (χ4n) is 2.26. The number of nitrogens with zero attached hydrogens (tertiary/aromatic N) is 1. The number of phenols is 1.